The zero-order chi connectivity index (χ0) is 15.8. The molecule has 0 bridgehead atoms. The third-order valence-corrected chi connectivity index (χ3v) is 5.48. The van der Waals surface area contributed by atoms with Crippen LogP contribution in [-0.4, -0.2) is 4.98 Å². The fourth-order valence-corrected chi connectivity index (χ4v) is 4.11. The molecule has 4 heteroatoms. The van der Waals surface area contributed by atoms with E-state index in [1.165, 1.54) is 10.4 Å². The van der Waals surface area contributed by atoms with Crippen molar-refractivity contribution in [3.05, 3.63) is 63.9 Å². The van der Waals surface area contributed by atoms with Gasteiger partial charge in [-0.05, 0) is 66.6 Å². The first-order chi connectivity index (χ1) is 11.2. The molecule has 0 aliphatic rings. The van der Waals surface area contributed by atoms with Crippen molar-refractivity contribution < 1.29 is 4.42 Å². The van der Waals surface area contributed by atoms with Crippen LogP contribution in [0.1, 0.15) is 11.3 Å². The molecule has 0 aromatic carbocycles. The number of rotatable bonds is 3. The number of aromatic nitrogens is 1. The van der Waals surface area contributed by atoms with Crippen LogP contribution in [-0.2, 0) is 0 Å². The van der Waals surface area contributed by atoms with Crippen LogP contribution in [0.25, 0.3) is 33.2 Å². The van der Waals surface area contributed by atoms with E-state index < -0.39 is 0 Å². The first-order valence-electron chi connectivity index (χ1n) is 7.36. The summed E-state index contributed by atoms with van der Waals surface area (Å²) in [7, 11) is 0. The van der Waals surface area contributed by atoms with E-state index in [1.807, 2.05) is 19.1 Å². The Kier molecular flexibility index (Phi) is 3.63. The normalized spacial score (nSPS) is 11.0. The molecular formula is C19H15NOS2. The molecule has 0 radical (unpaired) electrons. The number of aryl methyl sites for hydroxylation is 2. The van der Waals surface area contributed by atoms with Crippen LogP contribution in [0.5, 0.6) is 0 Å². The van der Waals surface area contributed by atoms with Gasteiger partial charge in [-0.25, -0.2) is 4.98 Å². The first-order valence-corrected chi connectivity index (χ1v) is 9.19. The quantitative estimate of drug-likeness (QED) is 0.431. The molecule has 0 atom stereocenters. The van der Waals surface area contributed by atoms with Crippen molar-refractivity contribution in [2.45, 2.75) is 13.8 Å². The molecule has 0 unspecified atom stereocenters. The summed E-state index contributed by atoms with van der Waals surface area (Å²) in [5.74, 6) is 1.81. The summed E-state index contributed by atoms with van der Waals surface area (Å²) < 4.78 is 5.82. The molecule has 0 spiro atoms. The Bertz CT molecular complexity index is 948. The molecule has 114 valence electrons. The zero-order valence-corrected chi connectivity index (χ0v) is 14.5. The summed E-state index contributed by atoms with van der Waals surface area (Å²) >= 11 is 3.41. The Morgan fingerprint density at radius 2 is 1.78 bits per heavy atom. The van der Waals surface area contributed by atoms with Crippen LogP contribution in [0.2, 0.25) is 0 Å². The lowest BCUT2D eigenvalue weighted by molar-refractivity contribution is 0.548. The second kappa shape index (κ2) is 5.80. The number of hydrogen-bond donors (Lipinski definition) is 0. The molecule has 4 aromatic heterocycles. The van der Waals surface area contributed by atoms with Gasteiger partial charge in [0.05, 0.1) is 16.3 Å². The van der Waals surface area contributed by atoms with Crippen molar-refractivity contribution in [2.24, 2.45) is 0 Å². The van der Waals surface area contributed by atoms with Crippen LogP contribution in [0.15, 0.2) is 57.0 Å². The second-order valence-corrected chi connectivity index (χ2v) is 7.18. The molecule has 0 saturated carbocycles. The molecule has 0 saturated heterocycles. The molecule has 0 amide bonds. The number of thiophene rings is 2. The highest BCUT2D eigenvalue weighted by Gasteiger charge is 2.13. The molecule has 0 N–H and O–H groups in total. The van der Waals surface area contributed by atoms with Crippen molar-refractivity contribution in [2.75, 3.05) is 0 Å². The lowest BCUT2D eigenvalue weighted by Crippen LogP contribution is -1.89. The Morgan fingerprint density at radius 3 is 2.43 bits per heavy atom. The molecule has 4 rings (SSSR count). The average molecular weight is 337 g/mol. The fraction of sp³-hybridized carbons (Fsp3) is 0.105. The Balaban J connectivity index is 1.93. The summed E-state index contributed by atoms with van der Waals surface area (Å²) in [6, 6.07) is 12.5. The van der Waals surface area contributed by atoms with E-state index in [4.69, 9.17) is 9.40 Å². The number of hydrogen-bond acceptors (Lipinski definition) is 4. The molecule has 4 aromatic rings. The van der Waals surface area contributed by atoms with E-state index in [0.717, 1.165) is 34.0 Å². The van der Waals surface area contributed by atoms with Crippen LogP contribution in [0.3, 0.4) is 0 Å². The van der Waals surface area contributed by atoms with E-state index >= 15 is 0 Å². The van der Waals surface area contributed by atoms with E-state index in [0.29, 0.717) is 0 Å². The summed E-state index contributed by atoms with van der Waals surface area (Å²) in [4.78, 5) is 6.10. The SMILES string of the molecule is Cc1ccc(-c2cc(-c3ccsc3)nc(-c3sccc3C)c2)o1. The minimum atomic E-state index is 0.886. The molecule has 2 nitrogen and oxygen atoms in total. The maximum absolute atomic E-state index is 5.82. The van der Waals surface area contributed by atoms with Crippen molar-refractivity contribution in [1.82, 2.24) is 4.98 Å². The van der Waals surface area contributed by atoms with Gasteiger partial charge in [-0.15, -0.1) is 11.3 Å². The van der Waals surface area contributed by atoms with E-state index in [-0.39, 0.29) is 0 Å². The molecule has 0 aliphatic carbocycles. The summed E-state index contributed by atoms with van der Waals surface area (Å²) in [6.45, 7) is 4.09. The van der Waals surface area contributed by atoms with Crippen LogP contribution in [0.4, 0.5) is 0 Å². The Labute approximate surface area is 143 Å². The molecule has 0 fully saturated rings. The minimum Gasteiger partial charge on any atom is -0.461 e. The van der Waals surface area contributed by atoms with Crippen LogP contribution < -0.4 is 0 Å². The number of pyridine rings is 1. The zero-order valence-electron chi connectivity index (χ0n) is 12.9. The standard InChI is InChI=1S/C19H15NOS2/c1-12-5-8-23-19(12)17-10-15(18-4-3-13(2)21-18)9-16(20-17)14-6-7-22-11-14/h3-11H,1-2H3. The monoisotopic (exact) mass is 337 g/mol. The summed E-state index contributed by atoms with van der Waals surface area (Å²) in [5, 5.41) is 6.32. The van der Waals surface area contributed by atoms with Gasteiger partial charge in [0, 0.05) is 16.5 Å². The summed E-state index contributed by atoms with van der Waals surface area (Å²) in [6.07, 6.45) is 0. The Hall–Kier alpha value is -2.17. The fourth-order valence-electron chi connectivity index (χ4n) is 2.57. The number of nitrogens with zero attached hydrogens (tertiary/aromatic N) is 1. The topological polar surface area (TPSA) is 26.0 Å². The molecular weight excluding hydrogens is 322 g/mol. The highest BCUT2D eigenvalue weighted by molar-refractivity contribution is 7.13. The van der Waals surface area contributed by atoms with Crippen molar-refractivity contribution in [3.63, 3.8) is 0 Å². The van der Waals surface area contributed by atoms with E-state index in [1.54, 1.807) is 22.7 Å². The van der Waals surface area contributed by atoms with Gasteiger partial charge < -0.3 is 4.42 Å². The highest BCUT2D eigenvalue weighted by atomic mass is 32.1. The predicted molar refractivity (Wildman–Crippen MR) is 98.0 cm³/mol. The van der Waals surface area contributed by atoms with Gasteiger partial charge in [-0.3, -0.25) is 0 Å². The van der Waals surface area contributed by atoms with E-state index in [9.17, 15) is 0 Å². The Morgan fingerprint density at radius 1 is 0.913 bits per heavy atom. The van der Waals surface area contributed by atoms with Gasteiger partial charge >= 0.3 is 0 Å². The third-order valence-electron chi connectivity index (χ3n) is 3.76. The molecule has 4 heterocycles. The highest BCUT2D eigenvalue weighted by Crippen LogP contribution is 2.34. The molecule has 23 heavy (non-hydrogen) atoms. The van der Waals surface area contributed by atoms with Gasteiger partial charge in [0.15, 0.2) is 0 Å². The first kappa shape index (κ1) is 14.4. The lowest BCUT2D eigenvalue weighted by atomic mass is 10.1. The second-order valence-electron chi connectivity index (χ2n) is 5.48. The van der Waals surface area contributed by atoms with Crippen LogP contribution >= 0.6 is 22.7 Å². The van der Waals surface area contributed by atoms with Gasteiger partial charge in [0.1, 0.15) is 11.5 Å². The largest absolute Gasteiger partial charge is 0.461 e. The van der Waals surface area contributed by atoms with Crippen molar-refractivity contribution in [3.8, 4) is 33.2 Å². The van der Waals surface area contributed by atoms with Crippen molar-refractivity contribution >= 4 is 22.7 Å². The smallest absolute Gasteiger partial charge is 0.134 e. The lowest BCUT2D eigenvalue weighted by Gasteiger charge is -2.07. The van der Waals surface area contributed by atoms with Gasteiger partial charge in [-0.1, -0.05) is 0 Å². The third kappa shape index (κ3) is 2.76. The van der Waals surface area contributed by atoms with E-state index in [2.05, 4.69) is 47.3 Å². The average Bonchev–Trinajstić information content (AvgIpc) is 3.28. The minimum absolute atomic E-state index is 0.886. The van der Waals surface area contributed by atoms with Gasteiger partial charge in [0.25, 0.3) is 0 Å². The summed E-state index contributed by atoms with van der Waals surface area (Å²) in [5.41, 5.74) is 5.46. The maximum atomic E-state index is 5.82. The van der Waals surface area contributed by atoms with Crippen molar-refractivity contribution in [1.29, 1.82) is 0 Å². The number of furan rings is 1. The molecule has 0 aliphatic heterocycles. The van der Waals surface area contributed by atoms with Gasteiger partial charge in [-0.2, -0.15) is 11.3 Å². The van der Waals surface area contributed by atoms with Gasteiger partial charge in [0.2, 0.25) is 0 Å². The predicted octanol–water partition coefficient (Wildman–Crippen LogP) is 6.42. The van der Waals surface area contributed by atoms with Crippen LogP contribution in [0, 0.1) is 13.8 Å². The maximum Gasteiger partial charge on any atom is 0.134 e.